The highest BCUT2D eigenvalue weighted by molar-refractivity contribution is 6.17. The number of carbonyl (C=O) groups is 1. The summed E-state index contributed by atoms with van der Waals surface area (Å²) in [5.41, 5.74) is 0. The van der Waals surface area contributed by atoms with Crippen LogP contribution in [0.1, 0.15) is 19.7 Å². The zero-order valence-corrected chi connectivity index (χ0v) is 12.4. The molecule has 7 nitrogen and oxygen atoms in total. The molecule has 1 saturated heterocycles. The van der Waals surface area contributed by atoms with Gasteiger partial charge in [-0.1, -0.05) is 5.10 Å². The Labute approximate surface area is 122 Å². The molecule has 112 valence electrons. The van der Waals surface area contributed by atoms with Crippen LogP contribution >= 0.6 is 11.6 Å². The van der Waals surface area contributed by atoms with E-state index in [1.54, 1.807) is 4.90 Å². The van der Waals surface area contributed by atoms with E-state index in [2.05, 4.69) is 15.5 Å². The fourth-order valence-corrected chi connectivity index (χ4v) is 2.13. The van der Waals surface area contributed by atoms with Gasteiger partial charge in [0.1, 0.15) is 6.04 Å². The normalized spacial score (nSPS) is 19.4. The first-order valence-electron chi connectivity index (χ1n) is 6.65. The second-order valence-corrected chi connectivity index (χ2v) is 5.24. The van der Waals surface area contributed by atoms with Gasteiger partial charge in [-0.05, 0) is 13.8 Å². The fraction of sp³-hybridized carbons (Fsp3) is 0.750. The number of ether oxygens (including phenoxy) is 1. The van der Waals surface area contributed by atoms with E-state index >= 15 is 0 Å². The minimum Gasteiger partial charge on any atom is -0.408 e. The summed E-state index contributed by atoms with van der Waals surface area (Å²) in [6.45, 7) is 5.21. The molecule has 8 heteroatoms. The summed E-state index contributed by atoms with van der Waals surface area (Å²) in [5, 5.41) is 10.8. The largest absolute Gasteiger partial charge is 0.408 e. The Balaban J connectivity index is 2.11. The Morgan fingerprint density at radius 3 is 3.05 bits per heavy atom. The van der Waals surface area contributed by atoms with Crippen LogP contribution in [0.3, 0.4) is 0 Å². The molecule has 2 heterocycles. The van der Waals surface area contributed by atoms with Crippen LogP contribution < -0.4 is 10.2 Å². The number of hydrogen-bond acceptors (Lipinski definition) is 6. The second-order valence-electron chi connectivity index (χ2n) is 4.86. The van der Waals surface area contributed by atoms with Gasteiger partial charge in [0.15, 0.2) is 0 Å². The van der Waals surface area contributed by atoms with Crippen LogP contribution in [0.25, 0.3) is 0 Å². The standard InChI is InChI=1S/C12H19ClN4O3/c1-8(2)14-11(18)9-7-19-6-5-17(9)12-16-15-10(20-12)3-4-13/h8-9H,3-7H2,1-2H3,(H,14,18). The van der Waals surface area contributed by atoms with Crippen molar-refractivity contribution in [1.29, 1.82) is 0 Å². The quantitative estimate of drug-likeness (QED) is 0.802. The minimum absolute atomic E-state index is 0.0702. The van der Waals surface area contributed by atoms with E-state index in [-0.39, 0.29) is 11.9 Å². The first-order chi connectivity index (χ1) is 9.61. The maximum Gasteiger partial charge on any atom is 0.319 e. The highest BCUT2D eigenvalue weighted by atomic mass is 35.5. The van der Waals surface area contributed by atoms with Crippen LogP contribution in [0.2, 0.25) is 0 Å². The number of nitrogens with zero attached hydrogens (tertiary/aromatic N) is 3. The van der Waals surface area contributed by atoms with Gasteiger partial charge in [-0.2, -0.15) is 0 Å². The number of morpholine rings is 1. The predicted molar refractivity (Wildman–Crippen MR) is 74.0 cm³/mol. The second kappa shape index (κ2) is 6.90. The fourth-order valence-electron chi connectivity index (χ4n) is 1.97. The first-order valence-corrected chi connectivity index (χ1v) is 7.18. The van der Waals surface area contributed by atoms with Crippen LogP contribution in [0.4, 0.5) is 6.01 Å². The summed E-state index contributed by atoms with van der Waals surface area (Å²) in [6, 6.07) is -0.0338. The third kappa shape index (κ3) is 3.61. The molecule has 0 aromatic carbocycles. The molecule has 1 amide bonds. The molecule has 1 unspecified atom stereocenters. The Bertz CT molecular complexity index is 452. The van der Waals surface area contributed by atoms with Gasteiger partial charge in [0, 0.05) is 24.9 Å². The molecule has 1 aromatic heterocycles. The number of amides is 1. The number of anilines is 1. The molecule has 0 aliphatic carbocycles. The molecule has 1 atom stereocenters. The molecule has 0 radical (unpaired) electrons. The summed E-state index contributed by atoms with van der Waals surface area (Å²) in [5.74, 6) is 0.795. The number of aromatic nitrogens is 2. The first kappa shape index (κ1) is 15.1. The zero-order chi connectivity index (χ0) is 14.5. The molecule has 2 rings (SSSR count). The van der Waals surface area contributed by atoms with Crippen LogP contribution in [0.5, 0.6) is 0 Å². The van der Waals surface area contributed by atoms with Crippen LogP contribution in [0, 0.1) is 0 Å². The Hall–Kier alpha value is -1.34. The van der Waals surface area contributed by atoms with Gasteiger partial charge in [-0.15, -0.1) is 16.7 Å². The van der Waals surface area contributed by atoms with Crippen molar-refractivity contribution < 1.29 is 13.9 Å². The van der Waals surface area contributed by atoms with E-state index in [0.717, 1.165) is 0 Å². The third-order valence-corrected chi connectivity index (χ3v) is 3.06. The van der Waals surface area contributed by atoms with Crippen molar-refractivity contribution in [2.45, 2.75) is 32.4 Å². The minimum atomic E-state index is -0.449. The monoisotopic (exact) mass is 302 g/mol. The lowest BCUT2D eigenvalue weighted by Crippen LogP contribution is -2.55. The number of alkyl halides is 1. The molecule has 0 spiro atoms. The van der Waals surface area contributed by atoms with Crippen molar-refractivity contribution in [3.63, 3.8) is 0 Å². The predicted octanol–water partition coefficient (Wildman–Crippen LogP) is 0.581. The number of aryl methyl sites for hydroxylation is 1. The molecular formula is C12H19ClN4O3. The average molecular weight is 303 g/mol. The van der Waals surface area contributed by atoms with E-state index in [0.29, 0.717) is 44.0 Å². The number of rotatable bonds is 5. The summed E-state index contributed by atoms with van der Waals surface area (Å²) in [4.78, 5) is 14.0. The van der Waals surface area contributed by atoms with Crippen molar-refractivity contribution in [3.8, 4) is 0 Å². The smallest absolute Gasteiger partial charge is 0.319 e. The number of nitrogens with one attached hydrogen (secondary N) is 1. The molecule has 0 bridgehead atoms. The SMILES string of the molecule is CC(C)NC(=O)C1COCCN1c1nnc(CCCl)o1. The molecule has 20 heavy (non-hydrogen) atoms. The maximum atomic E-state index is 12.2. The number of hydrogen-bond donors (Lipinski definition) is 1. The van der Waals surface area contributed by atoms with E-state index < -0.39 is 6.04 Å². The zero-order valence-electron chi connectivity index (χ0n) is 11.6. The Kier molecular flexibility index (Phi) is 5.19. The molecule has 1 N–H and O–H groups in total. The lowest BCUT2D eigenvalue weighted by Gasteiger charge is -2.33. The van der Waals surface area contributed by atoms with Gasteiger partial charge in [0.2, 0.25) is 11.8 Å². The van der Waals surface area contributed by atoms with E-state index in [9.17, 15) is 4.79 Å². The molecular weight excluding hydrogens is 284 g/mol. The van der Waals surface area contributed by atoms with Crippen LogP contribution in [-0.4, -0.2) is 53.8 Å². The third-order valence-electron chi connectivity index (χ3n) is 2.87. The van der Waals surface area contributed by atoms with Gasteiger partial charge >= 0.3 is 6.01 Å². The van der Waals surface area contributed by atoms with Crippen molar-refractivity contribution >= 4 is 23.5 Å². The molecule has 1 aromatic rings. The van der Waals surface area contributed by atoms with E-state index in [1.807, 2.05) is 13.8 Å². The van der Waals surface area contributed by atoms with Crippen LogP contribution in [-0.2, 0) is 16.0 Å². The van der Waals surface area contributed by atoms with E-state index in [1.165, 1.54) is 0 Å². The molecule has 1 aliphatic rings. The maximum absolute atomic E-state index is 12.2. The van der Waals surface area contributed by atoms with Crippen molar-refractivity contribution in [2.24, 2.45) is 0 Å². The van der Waals surface area contributed by atoms with Gasteiger partial charge in [0.25, 0.3) is 0 Å². The Morgan fingerprint density at radius 2 is 2.35 bits per heavy atom. The average Bonchev–Trinajstić information content (AvgIpc) is 2.87. The van der Waals surface area contributed by atoms with Crippen LogP contribution in [0.15, 0.2) is 4.42 Å². The molecule has 1 aliphatic heterocycles. The molecule has 0 saturated carbocycles. The van der Waals surface area contributed by atoms with Crippen molar-refractivity contribution in [3.05, 3.63) is 5.89 Å². The topological polar surface area (TPSA) is 80.5 Å². The van der Waals surface area contributed by atoms with E-state index in [4.69, 9.17) is 20.8 Å². The van der Waals surface area contributed by atoms with Crippen molar-refractivity contribution in [1.82, 2.24) is 15.5 Å². The summed E-state index contributed by atoms with van der Waals surface area (Å²) >= 11 is 5.64. The van der Waals surface area contributed by atoms with Gasteiger partial charge in [0.05, 0.1) is 13.2 Å². The van der Waals surface area contributed by atoms with Gasteiger partial charge < -0.3 is 19.4 Å². The number of halogens is 1. The highest BCUT2D eigenvalue weighted by Gasteiger charge is 2.33. The van der Waals surface area contributed by atoms with Gasteiger partial charge in [-0.25, -0.2) is 0 Å². The lowest BCUT2D eigenvalue weighted by atomic mass is 10.2. The van der Waals surface area contributed by atoms with Gasteiger partial charge in [-0.3, -0.25) is 4.79 Å². The van der Waals surface area contributed by atoms with Crippen molar-refractivity contribution in [2.75, 3.05) is 30.5 Å². The summed E-state index contributed by atoms with van der Waals surface area (Å²) in [6.07, 6.45) is 0.516. The molecule has 1 fully saturated rings. The summed E-state index contributed by atoms with van der Waals surface area (Å²) in [7, 11) is 0. The summed E-state index contributed by atoms with van der Waals surface area (Å²) < 4.78 is 10.9. The lowest BCUT2D eigenvalue weighted by molar-refractivity contribution is -0.125. The highest BCUT2D eigenvalue weighted by Crippen LogP contribution is 2.19. The number of carbonyl (C=O) groups excluding carboxylic acids is 1. The Morgan fingerprint density at radius 1 is 1.55 bits per heavy atom.